The molecule has 38 heavy (non-hydrogen) atoms. The molecule has 0 aliphatic carbocycles. The van der Waals surface area contributed by atoms with Crippen molar-refractivity contribution in [3.8, 4) is 11.5 Å². The molecule has 3 aromatic carbocycles. The molecule has 0 radical (unpaired) electrons. The predicted molar refractivity (Wildman–Crippen MR) is 144 cm³/mol. The number of anilines is 1. The van der Waals surface area contributed by atoms with Crippen LogP contribution in [0.4, 0.5) is 20.2 Å². The Morgan fingerprint density at radius 2 is 1.84 bits per heavy atom. The first-order chi connectivity index (χ1) is 18.2. The third kappa shape index (κ3) is 7.69. The number of hydrogen-bond acceptors (Lipinski definition) is 6. The van der Waals surface area contributed by atoms with Gasteiger partial charge >= 0.3 is 5.57 Å². The van der Waals surface area contributed by atoms with Gasteiger partial charge in [-0.2, -0.15) is 0 Å². The zero-order valence-electron chi connectivity index (χ0n) is 20.3. The molecule has 1 saturated heterocycles. The van der Waals surface area contributed by atoms with Crippen molar-refractivity contribution in [3.63, 3.8) is 0 Å². The molecule has 1 atom stereocenters. The number of rotatable bonds is 9. The highest BCUT2D eigenvalue weighted by molar-refractivity contribution is 8.15. The van der Waals surface area contributed by atoms with Crippen LogP contribution in [0.5, 0.6) is 11.5 Å². The van der Waals surface area contributed by atoms with Crippen LogP contribution in [0.1, 0.15) is 12.0 Å². The summed E-state index contributed by atoms with van der Waals surface area (Å²) in [6.45, 7) is 0.360. The molecule has 1 aliphatic rings. The number of halogens is 3. The molecule has 2 amide bonds. The maximum atomic E-state index is 13.2. The van der Waals surface area contributed by atoms with Crippen LogP contribution in [0, 0.1) is 0 Å². The Morgan fingerprint density at radius 3 is 2.53 bits per heavy atom. The van der Waals surface area contributed by atoms with E-state index in [9.17, 15) is 18.4 Å². The number of amidine groups is 1. The van der Waals surface area contributed by atoms with Crippen molar-refractivity contribution in [1.29, 1.82) is 0 Å². The van der Waals surface area contributed by atoms with E-state index in [4.69, 9.17) is 16.3 Å². The number of benzene rings is 3. The Labute approximate surface area is 227 Å². The van der Waals surface area contributed by atoms with Gasteiger partial charge in [-0.3, -0.25) is 14.5 Å². The van der Waals surface area contributed by atoms with Gasteiger partial charge in [0.2, 0.25) is 11.8 Å². The van der Waals surface area contributed by atoms with Gasteiger partial charge in [0.1, 0.15) is 16.7 Å². The summed E-state index contributed by atoms with van der Waals surface area (Å²) in [4.78, 5) is 32.4. The number of nitrogens with zero attached hydrogens (tertiary/aromatic N) is 2. The second-order valence-electron chi connectivity index (χ2n) is 8.25. The summed E-state index contributed by atoms with van der Waals surface area (Å²) in [5, 5.41) is 2.44. The first-order valence-corrected chi connectivity index (χ1v) is 12.9. The number of carbonyl (C=O) groups is 2. The van der Waals surface area contributed by atoms with Gasteiger partial charge in [-0.05, 0) is 48.4 Å². The Bertz CT molecular complexity index is 1300. The van der Waals surface area contributed by atoms with Gasteiger partial charge in [0.15, 0.2) is 5.17 Å². The fourth-order valence-electron chi connectivity index (χ4n) is 3.70. The minimum Gasteiger partial charge on any atom is -0.497 e. The molecular formula is C27H24ClF2N3O4S. The van der Waals surface area contributed by atoms with Gasteiger partial charge in [0.25, 0.3) is 0 Å². The maximum Gasteiger partial charge on any atom is 0.487 e. The number of thioether (sulfide) groups is 1. The molecule has 11 heteroatoms. The van der Waals surface area contributed by atoms with Crippen LogP contribution in [0.3, 0.4) is 0 Å². The van der Waals surface area contributed by atoms with Crippen LogP contribution >= 0.6 is 23.4 Å². The standard InChI is InChI=1S/C27H24ClF2N3O4S/c1-36-22-9-5-8-20(16-22)31-25(35)23-17-24(34)33(15-14-18-6-3-2-4-7-18)26(38-23)32-19-10-12-21(13-11-19)37-27(28,29)30/h2-13,16,23H,14-15,17H2,1H3,(H,31,35)/t23-/m1/s1. The number of ether oxygens (including phenoxy) is 2. The molecule has 0 bridgehead atoms. The van der Waals surface area contributed by atoms with E-state index in [1.807, 2.05) is 30.3 Å². The fourth-order valence-corrected chi connectivity index (χ4v) is 4.92. The Morgan fingerprint density at radius 1 is 1.11 bits per heavy atom. The number of aliphatic imine (C=N–C) groups is 1. The molecule has 198 valence electrons. The van der Waals surface area contributed by atoms with Crippen LogP contribution in [0.2, 0.25) is 0 Å². The summed E-state index contributed by atoms with van der Waals surface area (Å²) >= 11 is 5.99. The highest BCUT2D eigenvalue weighted by Crippen LogP contribution is 2.32. The Balaban J connectivity index is 1.55. The largest absolute Gasteiger partial charge is 0.497 e. The molecule has 0 unspecified atom stereocenters. The maximum absolute atomic E-state index is 13.2. The lowest BCUT2D eigenvalue weighted by Gasteiger charge is -2.32. The van der Waals surface area contributed by atoms with Crippen molar-refractivity contribution >= 4 is 51.7 Å². The summed E-state index contributed by atoms with van der Waals surface area (Å²) in [5.74, 6) is -0.146. The molecule has 0 aromatic heterocycles. The molecule has 1 heterocycles. The molecule has 7 nitrogen and oxygen atoms in total. The van der Waals surface area contributed by atoms with E-state index in [-0.39, 0.29) is 24.0 Å². The van der Waals surface area contributed by atoms with Crippen molar-refractivity contribution < 1.29 is 27.8 Å². The highest BCUT2D eigenvalue weighted by atomic mass is 35.5. The average molecular weight is 560 g/mol. The molecular weight excluding hydrogens is 536 g/mol. The molecule has 4 rings (SSSR count). The second kappa shape index (κ2) is 12.3. The Hall–Kier alpha value is -3.63. The monoisotopic (exact) mass is 559 g/mol. The molecule has 3 aromatic rings. The summed E-state index contributed by atoms with van der Waals surface area (Å²) in [7, 11) is 1.53. The van der Waals surface area contributed by atoms with Gasteiger partial charge in [-0.15, -0.1) is 8.78 Å². The van der Waals surface area contributed by atoms with E-state index >= 15 is 0 Å². The summed E-state index contributed by atoms with van der Waals surface area (Å²) in [6.07, 6.45) is 0.580. The molecule has 0 spiro atoms. The van der Waals surface area contributed by atoms with Gasteiger partial charge < -0.3 is 14.8 Å². The van der Waals surface area contributed by atoms with Crippen LogP contribution in [0.15, 0.2) is 83.9 Å². The normalized spacial score (nSPS) is 16.8. The van der Waals surface area contributed by atoms with Crippen LogP contribution in [-0.4, -0.2) is 46.4 Å². The molecule has 1 aliphatic heterocycles. The number of amides is 2. The van der Waals surface area contributed by atoms with E-state index in [1.165, 1.54) is 31.4 Å². The van der Waals surface area contributed by atoms with Gasteiger partial charge in [-0.25, -0.2) is 4.99 Å². The number of alkyl halides is 3. The van der Waals surface area contributed by atoms with Crippen molar-refractivity contribution in [1.82, 2.24) is 4.90 Å². The van der Waals surface area contributed by atoms with Crippen molar-refractivity contribution in [2.24, 2.45) is 4.99 Å². The third-order valence-electron chi connectivity index (χ3n) is 5.53. The summed E-state index contributed by atoms with van der Waals surface area (Å²) < 4.78 is 35.4. The SMILES string of the molecule is COc1cccc(NC(=O)[C@H]2CC(=O)N(CCc3ccccc3)C(=Nc3ccc(OC(F)(F)Cl)cc3)S2)c1. The van der Waals surface area contributed by atoms with Crippen molar-refractivity contribution in [3.05, 3.63) is 84.4 Å². The van der Waals surface area contributed by atoms with E-state index in [0.29, 0.717) is 35.3 Å². The van der Waals surface area contributed by atoms with E-state index in [0.717, 1.165) is 17.3 Å². The minimum atomic E-state index is -3.84. The quantitative estimate of drug-likeness (QED) is 0.322. The summed E-state index contributed by atoms with van der Waals surface area (Å²) in [6, 6.07) is 22.1. The minimum absolute atomic E-state index is 0.00807. The van der Waals surface area contributed by atoms with Gasteiger partial charge in [-0.1, -0.05) is 48.2 Å². The Kier molecular flexibility index (Phi) is 8.85. The smallest absolute Gasteiger partial charge is 0.487 e. The number of nitrogens with one attached hydrogen (secondary N) is 1. The van der Waals surface area contributed by atoms with Crippen molar-refractivity contribution in [2.45, 2.75) is 23.7 Å². The van der Waals surface area contributed by atoms with Crippen LogP contribution < -0.4 is 14.8 Å². The average Bonchev–Trinajstić information content (AvgIpc) is 2.89. The van der Waals surface area contributed by atoms with Crippen LogP contribution in [0.25, 0.3) is 0 Å². The topological polar surface area (TPSA) is 80.2 Å². The molecule has 1 N–H and O–H groups in total. The first-order valence-electron chi connectivity index (χ1n) is 11.6. The summed E-state index contributed by atoms with van der Waals surface area (Å²) in [5.41, 5.74) is -1.86. The van der Waals surface area contributed by atoms with E-state index in [2.05, 4.69) is 15.0 Å². The lowest BCUT2D eigenvalue weighted by atomic mass is 10.1. The zero-order chi connectivity index (χ0) is 27.1. The molecule has 0 saturated carbocycles. The molecule has 1 fully saturated rings. The number of carbonyl (C=O) groups excluding carboxylic acids is 2. The van der Waals surface area contributed by atoms with Gasteiger partial charge in [0.05, 0.1) is 12.8 Å². The first kappa shape index (κ1) is 27.4. The fraction of sp³-hybridized carbons (Fsp3) is 0.222. The number of hydrogen-bond donors (Lipinski definition) is 1. The van der Waals surface area contributed by atoms with Crippen LogP contribution in [-0.2, 0) is 16.0 Å². The number of methoxy groups -OCH3 is 1. The highest BCUT2D eigenvalue weighted by Gasteiger charge is 2.36. The lowest BCUT2D eigenvalue weighted by molar-refractivity contribution is -0.129. The third-order valence-corrected chi connectivity index (χ3v) is 6.80. The zero-order valence-corrected chi connectivity index (χ0v) is 21.8. The predicted octanol–water partition coefficient (Wildman–Crippen LogP) is 6.07. The van der Waals surface area contributed by atoms with Crippen molar-refractivity contribution in [2.75, 3.05) is 19.0 Å². The second-order valence-corrected chi connectivity index (χ2v) is 9.86. The van der Waals surface area contributed by atoms with E-state index in [1.54, 1.807) is 29.2 Å². The lowest BCUT2D eigenvalue weighted by Crippen LogP contribution is -2.46. The van der Waals surface area contributed by atoms with E-state index < -0.39 is 10.8 Å². The van der Waals surface area contributed by atoms with Gasteiger partial charge in [0, 0.05) is 36.3 Å².